The van der Waals surface area contributed by atoms with E-state index in [1.807, 2.05) is 72.8 Å². The van der Waals surface area contributed by atoms with Gasteiger partial charge in [0.25, 0.3) is 0 Å². The first-order valence-corrected chi connectivity index (χ1v) is 8.21. The zero-order chi connectivity index (χ0) is 17.8. The van der Waals surface area contributed by atoms with Gasteiger partial charge in [-0.2, -0.15) is 5.10 Å². The van der Waals surface area contributed by atoms with Crippen LogP contribution < -0.4 is 9.47 Å². The number of rotatable bonds is 5. The van der Waals surface area contributed by atoms with E-state index in [2.05, 4.69) is 15.2 Å². The lowest BCUT2D eigenvalue weighted by Crippen LogP contribution is -1.87. The molecular weight excluding hydrogens is 326 g/mol. The van der Waals surface area contributed by atoms with Crippen LogP contribution in [0.3, 0.4) is 0 Å². The van der Waals surface area contributed by atoms with Crippen LogP contribution in [-0.2, 0) is 0 Å². The third kappa shape index (κ3) is 3.42. The summed E-state index contributed by atoms with van der Waals surface area (Å²) in [6.07, 6.45) is 1.70. The smallest absolute Gasteiger partial charge is 0.145 e. The second kappa shape index (κ2) is 7.11. The first-order chi connectivity index (χ1) is 12.8. The Balaban J connectivity index is 1.52. The number of para-hydroxylation sites is 1. The molecule has 0 radical (unpaired) electrons. The van der Waals surface area contributed by atoms with Gasteiger partial charge in [0.2, 0.25) is 0 Å². The molecule has 1 N–H and O–H groups in total. The summed E-state index contributed by atoms with van der Waals surface area (Å²) in [6.45, 7) is 0. The van der Waals surface area contributed by atoms with Crippen LogP contribution in [0.1, 0.15) is 0 Å². The van der Waals surface area contributed by atoms with Crippen LogP contribution in [0.2, 0.25) is 0 Å². The van der Waals surface area contributed by atoms with Crippen molar-refractivity contribution in [2.75, 3.05) is 7.11 Å². The van der Waals surface area contributed by atoms with Gasteiger partial charge in [-0.1, -0.05) is 18.2 Å². The number of benzene rings is 2. The molecule has 128 valence electrons. The first-order valence-electron chi connectivity index (χ1n) is 8.21. The van der Waals surface area contributed by atoms with E-state index >= 15 is 0 Å². The van der Waals surface area contributed by atoms with Gasteiger partial charge in [0, 0.05) is 0 Å². The van der Waals surface area contributed by atoms with E-state index in [1.165, 1.54) is 0 Å². The number of ether oxygens (including phenoxy) is 2. The molecule has 0 atom stereocenters. The van der Waals surface area contributed by atoms with E-state index in [4.69, 9.17) is 9.47 Å². The zero-order valence-electron chi connectivity index (χ0n) is 14.2. The molecule has 0 bridgehead atoms. The molecule has 0 aliphatic carbocycles. The second-order valence-electron chi connectivity index (χ2n) is 5.69. The predicted molar refractivity (Wildman–Crippen MR) is 100 cm³/mol. The Labute approximate surface area is 151 Å². The fourth-order valence-corrected chi connectivity index (χ4v) is 2.59. The lowest BCUT2D eigenvalue weighted by molar-refractivity contribution is 0.415. The van der Waals surface area contributed by atoms with Crippen LogP contribution >= 0.6 is 0 Å². The van der Waals surface area contributed by atoms with Crippen molar-refractivity contribution in [3.8, 4) is 39.9 Å². The van der Waals surface area contributed by atoms with Gasteiger partial charge < -0.3 is 9.47 Å². The van der Waals surface area contributed by atoms with E-state index < -0.39 is 0 Å². The molecule has 0 spiro atoms. The van der Waals surface area contributed by atoms with E-state index in [0.29, 0.717) is 5.75 Å². The number of pyridine rings is 1. The van der Waals surface area contributed by atoms with Crippen molar-refractivity contribution in [1.29, 1.82) is 0 Å². The third-order valence-corrected chi connectivity index (χ3v) is 3.96. The van der Waals surface area contributed by atoms with Gasteiger partial charge in [0.15, 0.2) is 0 Å². The molecule has 0 aliphatic heterocycles. The lowest BCUT2D eigenvalue weighted by Gasteiger charge is -2.05. The Morgan fingerprint density at radius 1 is 0.769 bits per heavy atom. The van der Waals surface area contributed by atoms with Gasteiger partial charge in [0.05, 0.1) is 24.7 Å². The molecule has 4 rings (SSSR count). The molecule has 0 unspecified atom stereocenters. The minimum absolute atomic E-state index is 0.686. The van der Waals surface area contributed by atoms with E-state index in [-0.39, 0.29) is 0 Å². The van der Waals surface area contributed by atoms with Gasteiger partial charge in [-0.25, -0.2) is 0 Å². The average Bonchev–Trinajstić information content (AvgIpc) is 3.20. The predicted octanol–water partition coefficient (Wildman–Crippen LogP) is 4.94. The highest BCUT2D eigenvalue weighted by molar-refractivity contribution is 5.66. The average molecular weight is 343 g/mol. The van der Waals surface area contributed by atoms with Gasteiger partial charge in [-0.3, -0.25) is 10.1 Å². The highest BCUT2D eigenvalue weighted by Crippen LogP contribution is 2.26. The van der Waals surface area contributed by atoms with Crippen LogP contribution in [-0.4, -0.2) is 22.3 Å². The molecule has 0 fully saturated rings. The van der Waals surface area contributed by atoms with E-state index in [0.717, 1.165) is 34.1 Å². The normalized spacial score (nSPS) is 10.5. The van der Waals surface area contributed by atoms with Crippen molar-refractivity contribution in [2.45, 2.75) is 0 Å². The topological polar surface area (TPSA) is 60.0 Å². The Kier molecular flexibility index (Phi) is 4.35. The Morgan fingerprint density at radius 2 is 1.54 bits per heavy atom. The molecule has 0 aliphatic rings. The summed E-state index contributed by atoms with van der Waals surface area (Å²) in [5.41, 5.74) is 3.52. The maximum Gasteiger partial charge on any atom is 0.145 e. The summed E-state index contributed by atoms with van der Waals surface area (Å²) >= 11 is 0. The van der Waals surface area contributed by atoms with Crippen molar-refractivity contribution in [3.05, 3.63) is 79.0 Å². The third-order valence-electron chi connectivity index (χ3n) is 3.96. The molecule has 2 heterocycles. The highest BCUT2D eigenvalue weighted by atomic mass is 16.5. The SMILES string of the molecule is COc1ccc(-c2cc(-c3ccc(Oc4ccccc4)cn3)n[nH]2)cc1. The quantitative estimate of drug-likeness (QED) is 0.557. The number of aromatic amines is 1. The maximum atomic E-state index is 5.76. The van der Waals surface area contributed by atoms with Crippen molar-refractivity contribution >= 4 is 0 Å². The van der Waals surface area contributed by atoms with Crippen molar-refractivity contribution < 1.29 is 9.47 Å². The summed E-state index contributed by atoms with van der Waals surface area (Å²) < 4.78 is 10.9. The molecule has 0 saturated carbocycles. The van der Waals surface area contributed by atoms with Crippen LogP contribution in [0.4, 0.5) is 0 Å². The maximum absolute atomic E-state index is 5.76. The molecule has 0 saturated heterocycles. The molecule has 5 heteroatoms. The Bertz CT molecular complexity index is 978. The number of nitrogens with zero attached hydrogens (tertiary/aromatic N) is 2. The number of methoxy groups -OCH3 is 1. The summed E-state index contributed by atoms with van der Waals surface area (Å²) in [4.78, 5) is 4.45. The summed E-state index contributed by atoms with van der Waals surface area (Å²) in [5.74, 6) is 2.29. The van der Waals surface area contributed by atoms with Crippen LogP contribution in [0.5, 0.6) is 17.2 Å². The molecule has 2 aromatic heterocycles. The first kappa shape index (κ1) is 15.9. The summed E-state index contributed by atoms with van der Waals surface area (Å²) in [6, 6.07) is 23.2. The number of hydrogen-bond donors (Lipinski definition) is 1. The number of nitrogens with one attached hydrogen (secondary N) is 1. The van der Waals surface area contributed by atoms with Crippen LogP contribution in [0, 0.1) is 0 Å². The molecule has 2 aromatic carbocycles. The van der Waals surface area contributed by atoms with E-state index in [9.17, 15) is 0 Å². The number of H-pyrrole nitrogens is 1. The Hall–Kier alpha value is -3.60. The van der Waals surface area contributed by atoms with Crippen molar-refractivity contribution in [3.63, 3.8) is 0 Å². The fraction of sp³-hybridized carbons (Fsp3) is 0.0476. The molecule has 4 aromatic rings. The van der Waals surface area contributed by atoms with Crippen LogP contribution in [0.15, 0.2) is 79.0 Å². The number of hydrogen-bond acceptors (Lipinski definition) is 4. The van der Waals surface area contributed by atoms with Crippen molar-refractivity contribution in [1.82, 2.24) is 15.2 Å². The summed E-state index contributed by atoms with van der Waals surface area (Å²) in [5, 5.41) is 7.41. The standard InChI is InChI=1S/C21H17N3O2/c1-25-16-9-7-15(8-10-16)20-13-21(24-23-20)19-12-11-18(14-22-19)26-17-5-3-2-4-6-17/h2-14H,1H3,(H,23,24). The fourth-order valence-electron chi connectivity index (χ4n) is 2.59. The van der Waals surface area contributed by atoms with E-state index in [1.54, 1.807) is 13.3 Å². The second-order valence-corrected chi connectivity index (χ2v) is 5.69. The summed E-state index contributed by atoms with van der Waals surface area (Å²) in [7, 11) is 1.65. The van der Waals surface area contributed by atoms with Gasteiger partial charge >= 0.3 is 0 Å². The largest absolute Gasteiger partial charge is 0.497 e. The lowest BCUT2D eigenvalue weighted by atomic mass is 10.1. The Morgan fingerprint density at radius 3 is 2.23 bits per heavy atom. The molecule has 26 heavy (non-hydrogen) atoms. The van der Waals surface area contributed by atoms with Crippen LogP contribution in [0.25, 0.3) is 22.6 Å². The minimum Gasteiger partial charge on any atom is -0.497 e. The highest BCUT2D eigenvalue weighted by Gasteiger charge is 2.08. The molecule has 5 nitrogen and oxygen atoms in total. The van der Waals surface area contributed by atoms with Crippen molar-refractivity contribution in [2.24, 2.45) is 0 Å². The number of aromatic nitrogens is 3. The zero-order valence-corrected chi connectivity index (χ0v) is 14.2. The minimum atomic E-state index is 0.686. The molecule has 0 amide bonds. The molecular formula is C21H17N3O2. The van der Waals surface area contributed by atoms with Gasteiger partial charge in [-0.05, 0) is 60.2 Å². The monoisotopic (exact) mass is 343 g/mol. The van der Waals surface area contributed by atoms with Gasteiger partial charge in [-0.15, -0.1) is 0 Å². The van der Waals surface area contributed by atoms with Gasteiger partial charge in [0.1, 0.15) is 22.9 Å².